The Morgan fingerprint density at radius 3 is 2.18 bits per heavy atom. The lowest BCUT2D eigenvalue weighted by molar-refractivity contribution is -0.136. The number of hydrogen-bond donors (Lipinski definition) is 2. The van der Waals surface area contributed by atoms with Crippen molar-refractivity contribution >= 4 is 16.9 Å². The van der Waals surface area contributed by atoms with E-state index in [1.54, 1.807) is 14.2 Å². The van der Waals surface area contributed by atoms with E-state index >= 15 is 0 Å². The maximum absolute atomic E-state index is 11.7. The van der Waals surface area contributed by atoms with Crippen LogP contribution in [0.4, 0.5) is 0 Å². The minimum Gasteiger partial charge on any atom is -0.493 e. The molecule has 0 aliphatic rings. The molecule has 0 saturated carbocycles. The van der Waals surface area contributed by atoms with E-state index in [9.17, 15) is 9.90 Å². The van der Waals surface area contributed by atoms with Crippen LogP contribution in [0.25, 0.3) is 22.2 Å². The van der Waals surface area contributed by atoms with E-state index in [-0.39, 0.29) is 6.42 Å². The summed E-state index contributed by atoms with van der Waals surface area (Å²) >= 11 is 0. The van der Waals surface area contributed by atoms with Gasteiger partial charge in [-0.15, -0.1) is 0 Å². The van der Waals surface area contributed by atoms with Gasteiger partial charge in [0.1, 0.15) is 6.61 Å². The van der Waals surface area contributed by atoms with Crippen molar-refractivity contribution in [1.82, 2.24) is 4.98 Å². The normalized spacial score (nSPS) is 10.9. The van der Waals surface area contributed by atoms with E-state index < -0.39 is 5.97 Å². The summed E-state index contributed by atoms with van der Waals surface area (Å²) in [5.41, 5.74) is 6.27. The fourth-order valence-corrected chi connectivity index (χ4v) is 4.16. The summed E-state index contributed by atoms with van der Waals surface area (Å²) in [7, 11) is 3.15. The monoisotopic (exact) mass is 445 g/mol. The number of carboxylic acid groups (broad SMARTS) is 1. The Bertz CT molecular complexity index is 1280. The molecule has 6 nitrogen and oxygen atoms in total. The number of hydrogen-bond acceptors (Lipinski definition) is 4. The van der Waals surface area contributed by atoms with Crippen LogP contribution in [-0.2, 0) is 17.8 Å². The van der Waals surface area contributed by atoms with Crippen molar-refractivity contribution in [3.05, 3.63) is 76.9 Å². The molecule has 4 rings (SSSR count). The molecule has 170 valence electrons. The lowest BCUT2D eigenvalue weighted by Crippen LogP contribution is -2.03. The highest BCUT2D eigenvalue weighted by Crippen LogP contribution is 2.44. The van der Waals surface area contributed by atoms with Gasteiger partial charge in [0, 0.05) is 16.5 Å². The molecule has 0 atom stereocenters. The Labute approximate surface area is 192 Å². The molecule has 0 aliphatic heterocycles. The molecule has 2 N–H and O–H groups in total. The maximum atomic E-state index is 11.7. The zero-order chi connectivity index (χ0) is 23.5. The minimum absolute atomic E-state index is 0.101. The molecule has 6 heteroatoms. The number of carbonyl (C=O) groups is 1. The molecule has 0 radical (unpaired) electrons. The van der Waals surface area contributed by atoms with Crippen LogP contribution in [0, 0.1) is 13.8 Å². The van der Waals surface area contributed by atoms with Crippen molar-refractivity contribution in [1.29, 1.82) is 0 Å². The number of aryl methyl sites for hydroxylation is 2. The molecule has 0 fully saturated rings. The zero-order valence-corrected chi connectivity index (χ0v) is 19.2. The van der Waals surface area contributed by atoms with Gasteiger partial charge in [-0.1, -0.05) is 42.5 Å². The van der Waals surface area contributed by atoms with Gasteiger partial charge in [-0.05, 0) is 48.2 Å². The molecule has 0 saturated heterocycles. The first-order valence-corrected chi connectivity index (χ1v) is 10.7. The van der Waals surface area contributed by atoms with Gasteiger partial charge in [-0.25, -0.2) is 0 Å². The highest BCUT2D eigenvalue weighted by molar-refractivity contribution is 5.97. The minimum atomic E-state index is -0.889. The molecule has 4 aromatic rings. The van der Waals surface area contributed by atoms with Gasteiger partial charge in [-0.3, -0.25) is 4.79 Å². The molecule has 33 heavy (non-hydrogen) atoms. The number of aromatic nitrogens is 1. The molecule has 0 aliphatic carbocycles. The SMILES string of the molecule is COc1cc(-c2[nH]c3c(C)ccc(C)c3c2CC(=O)O)cc(OC)c1OCc1ccccc1. The Morgan fingerprint density at radius 1 is 0.939 bits per heavy atom. The number of ether oxygens (including phenoxy) is 3. The van der Waals surface area contributed by atoms with Gasteiger partial charge in [-0.2, -0.15) is 0 Å². The lowest BCUT2D eigenvalue weighted by Gasteiger charge is -2.16. The number of aromatic amines is 1. The van der Waals surface area contributed by atoms with E-state index in [1.165, 1.54) is 0 Å². The number of benzene rings is 3. The summed E-state index contributed by atoms with van der Waals surface area (Å²) in [6.45, 7) is 4.36. The molecular weight excluding hydrogens is 418 g/mol. The van der Waals surface area contributed by atoms with Crippen LogP contribution in [-0.4, -0.2) is 30.3 Å². The van der Waals surface area contributed by atoms with Crippen LogP contribution in [0.15, 0.2) is 54.6 Å². The molecule has 1 aromatic heterocycles. The molecular formula is C27H27NO5. The summed E-state index contributed by atoms with van der Waals surface area (Å²) in [5.74, 6) is 0.623. The van der Waals surface area contributed by atoms with Crippen LogP contribution in [0.5, 0.6) is 17.2 Å². The first-order chi connectivity index (χ1) is 15.9. The average molecular weight is 446 g/mol. The third-order valence-corrected chi connectivity index (χ3v) is 5.78. The van der Waals surface area contributed by atoms with Crippen molar-refractivity contribution in [2.24, 2.45) is 0 Å². The molecule has 3 aromatic carbocycles. The summed E-state index contributed by atoms with van der Waals surface area (Å²) in [6, 6.07) is 17.6. The van der Waals surface area contributed by atoms with Crippen molar-refractivity contribution < 1.29 is 24.1 Å². The molecule has 0 unspecified atom stereocenters. The van der Waals surface area contributed by atoms with Gasteiger partial charge in [0.15, 0.2) is 11.5 Å². The van der Waals surface area contributed by atoms with Crippen LogP contribution in [0.1, 0.15) is 22.3 Å². The Balaban J connectivity index is 1.85. The predicted molar refractivity (Wildman–Crippen MR) is 128 cm³/mol. The van der Waals surface area contributed by atoms with Gasteiger partial charge in [0.2, 0.25) is 5.75 Å². The van der Waals surface area contributed by atoms with Crippen molar-refractivity contribution in [3.8, 4) is 28.5 Å². The molecule has 0 bridgehead atoms. The zero-order valence-electron chi connectivity index (χ0n) is 19.2. The topological polar surface area (TPSA) is 80.8 Å². The standard InChI is InChI=1S/C27H27NO5/c1-16-10-11-17(2)25-24(16)20(14-23(29)30)26(28-25)19-12-21(31-3)27(22(13-19)32-4)33-15-18-8-6-5-7-9-18/h5-13,28H,14-15H2,1-4H3,(H,29,30). The first kappa shape index (κ1) is 22.3. The quantitative estimate of drug-likeness (QED) is 0.365. The van der Waals surface area contributed by atoms with E-state index in [0.29, 0.717) is 23.9 Å². The second-order valence-electron chi connectivity index (χ2n) is 7.98. The number of aliphatic carboxylic acids is 1. The fraction of sp³-hybridized carbons (Fsp3) is 0.222. The summed E-state index contributed by atoms with van der Waals surface area (Å²) < 4.78 is 17.4. The van der Waals surface area contributed by atoms with E-state index in [2.05, 4.69) is 4.98 Å². The van der Waals surface area contributed by atoms with Crippen molar-refractivity contribution in [2.75, 3.05) is 14.2 Å². The van der Waals surface area contributed by atoms with E-state index in [1.807, 2.05) is 68.4 Å². The second-order valence-corrected chi connectivity index (χ2v) is 7.98. The number of nitrogens with one attached hydrogen (secondary N) is 1. The Hall–Kier alpha value is -3.93. The average Bonchev–Trinajstić information content (AvgIpc) is 3.20. The third-order valence-electron chi connectivity index (χ3n) is 5.78. The largest absolute Gasteiger partial charge is 0.493 e. The number of methoxy groups -OCH3 is 2. The van der Waals surface area contributed by atoms with Crippen molar-refractivity contribution in [2.45, 2.75) is 26.9 Å². The lowest BCUT2D eigenvalue weighted by atomic mass is 9.98. The second kappa shape index (κ2) is 9.28. The maximum Gasteiger partial charge on any atom is 0.307 e. The summed E-state index contributed by atoms with van der Waals surface area (Å²) in [6.07, 6.45) is -0.101. The highest BCUT2D eigenvalue weighted by atomic mass is 16.5. The van der Waals surface area contributed by atoms with E-state index in [4.69, 9.17) is 14.2 Å². The van der Waals surface area contributed by atoms with Gasteiger partial charge < -0.3 is 24.3 Å². The summed E-state index contributed by atoms with van der Waals surface area (Å²) in [4.78, 5) is 15.2. The van der Waals surface area contributed by atoms with Crippen LogP contribution in [0.2, 0.25) is 0 Å². The highest BCUT2D eigenvalue weighted by Gasteiger charge is 2.22. The molecule has 0 spiro atoms. The van der Waals surface area contributed by atoms with Gasteiger partial charge in [0.05, 0.1) is 26.3 Å². The number of carboxylic acids is 1. The molecule has 1 heterocycles. The van der Waals surface area contributed by atoms with Gasteiger partial charge in [0.25, 0.3) is 0 Å². The van der Waals surface area contributed by atoms with Crippen molar-refractivity contribution in [3.63, 3.8) is 0 Å². The number of H-pyrrole nitrogens is 1. The smallest absolute Gasteiger partial charge is 0.307 e. The predicted octanol–water partition coefficient (Wildman–Crippen LogP) is 5.68. The van der Waals surface area contributed by atoms with Crippen LogP contribution < -0.4 is 14.2 Å². The van der Waals surface area contributed by atoms with Crippen LogP contribution in [0.3, 0.4) is 0 Å². The van der Waals surface area contributed by atoms with E-state index in [0.717, 1.165) is 44.4 Å². The third kappa shape index (κ3) is 4.37. The Kier molecular flexibility index (Phi) is 6.27. The Morgan fingerprint density at radius 2 is 1.58 bits per heavy atom. The summed E-state index contributed by atoms with van der Waals surface area (Å²) in [5, 5.41) is 10.6. The van der Waals surface area contributed by atoms with Gasteiger partial charge >= 0.3 is 5.97 Å². The van der Waals surface area contributed by atoms with Crippen LogP contribution >= 0.6 is 0 Å². The fourth-order valence-electron chi connectivity index (χ4n) is 4.16. The number of rotatable bonds is 8. The first-order valence-electron chi connectivity index (χ1n) is 10.7. The molecule has 0 amide bonds. The number of fused-ring (bicyclic) bond motifs is 1.